The number of carbonyl (C=O) groups excluding carboxylic acids is 2. The fourth-order valence-corrected chi connectivity index (χ4v) is 5.33. The molecule has 164 valence electrons. The zero-order chi connectivity index (χ0) is 22.4. The van der Waals surface area contributed by atoms with E-state index in [1.807, 2.05) is 12.2 Å². The first-order chi connectivity index (χ1) is 15.5. The molecular weight excluding hydrogens is 479 g/mol. The molecule has 3 aliphatic rings. The summed E-state index contributed by atoms with van der Waals surface area (Å²) in [6, 6.07) is 9.79. The lowest BCUT2D eigenvalue weighted by Crippen LogP contribution is -2.28. The van der Waals surface area contributed by atoms with Gasteiger partial charge < -0.3 is 9.47 Å². The predicted octanol–water partition coefficient (Wildman–Crippen LogP) is 4.32. The van der Waals surface area contributed by atoms with E-state index in [1.165, 1.54) is 19.4 Å². The average molecular weight is 499 g/mol. The summed E-state index contributed by atoms with van der Waals surface area (Å²) in [5.74, 6) is -0.541. The Labute approximate surface area is 192 Å². The van der Waals surface area contributed by atoms with Gasteiger partial charge >= 0.3 is 0 Å². The molecule has 5 rings (SSSR count). The van der Waals surface area contributed by atoms with Crippen LogP contribution in [-0.2, 0) is 16.2 Å². The minimum Gasteiger partial charge on any atom is -0.493 e. The minimum absolute atomic E-state index is 0.0216. The fraction of sp³-hybridized carbons (Fsp3) is 0.292. The van der Waals surface area contributed by atoms with Crippen molar-refractivity contribution in [3.8, 4) is 11.5 Å². The summed E-state index contributed by atoms with van der Waals surface area (Å²) in [4.78, 5) is 25.8. The van der Waals surface area contributed by atoms with Crippen molar-refractivity contribution < 1.29 is 23.5 Å². The van der Waals surface area contributed by atoms with Crippen LogP contribution in [-0.4, -0.2) is 30.1 Å². The summed E-state index contributed by atoms with van der Waals surface area (Å²) >= 11 is 3.42. The molecule has 0 aromatic heterocycles. The van der Waals surface area contributed by atoms with Crippen LogP contribution < -0.4 is 9.47 Å². The molecule has 0 unspecified atom stereocenters. The number of methoxy groups -OCH3 is 1. The van der Waals surface area contributed by atoms with Crippen LogP contribution in [0.25, 0.3) is 0 Å². The Bertz CT molecular complexity index is 1130. The third kappa shape index (κ3) is 3.43. The number of hydrogen-bond acceptors (Lipinski definition) is 5. The van der Waals surface area contributed by atoms with Crippen LogP contribution in [0.4, 0.5) is 4.39 Å². The van der Waals surface area contributed by atoms with Gasteiger partial charge in [0.15, 0.2) is 11.5 Å². The molecule has 1 saturated carbocycles. The van der Waals surface area contributed by atoms with Crippen LogP contribution in [0.1, 0.15) is 17.5 Å². The van der Waals surface area contributed by atoms with Gasteiger partial charge in [0, 0.05) is 15.6 Å². The standard InChI is InChI=1S/C24H20BrFN2O4/c1-31-19-10-17(25)9-16(22(19)32-12-15-4-2-3-5-18(15)26)11-27-28-23(29)20-13-6-7-14(8-13)21(20)24(28)30/h2-7,9-11,13-14,20-21H,8,12H2,1H3/t13-,14-,20-,21+/m0/s1. The number of carbonyl (C=O) groups is 2. The SMILES string of the molecule is COc1cc(Br)cc(C=NN2C(=O)[C@@H]3[C@H](C2=O)[C@H]2C=C[C@H]3C2)c1OCc1ccccc1F. The van der Waals surface area contributed by atoms with Gasteiger partial charge in [-0.25, -0.2) is 4.39 Å². The first kappa shape index (κ1) is 20.9. The molecule has 1 heterocycles. The number of ether oxygens (including phenoxy) is 2. The Balaban J connectivity index is 1.42. The molecule has 2 amide bonds. The zero-order valence-electron chi connectivity index (χ0n) is 17.2. The molecular formula is C24H20BrFN2O4. The smallest absolute Gasteiger partial charge is 0.254 e. The Hall–Kier alpha value is -3.00. The van der Waals surface area contributed by atoms with E-state index in [1.54, 1.807) is 30.3 Å². The number of benzene rings is 2. The van der Waals surface area contributed by atoms with Crippen molar-refractivity contribution in [1.82, 2.24) is 5.01 Å². The van der Waals surface area contributed by atoms with E-state index in [9.17, 15) is 14.0 Å². The summed E-state index contributed by atoms with van der Waals surface area (Å²) in [7, 11) is 1.50. The molecule has 1 aliphatic heterocycles. The van der Waals surface area contributed by atoms with Gasteiger partial charge in [0.1, 0.15) is 12.4 Å². The summed E-state index contributed by atoms with van der Waals surface area (Å²) in [5, 5.41) is 5.22. The Morgan fingerprint density at radius 3 is 2.50 bits per heavy atom. The molecule has 2 fully saturated rings. The number of rotatable bonds is 6. The van der Waals surface area contributed by atoms with Gasteiger partial charge in [0.05, 0.1) is 25.2 Å². The fourth-order valence-electron chi connectivity index (χ4n) is 4.88. The molecule has 0 radical (unpaired) electrons. The highest BCUT2D eigenvalue weighted by Crippen LogP contribution is 2.52. The van der Waals surface area contributed by atoms with Crippen LogP contribution >= 0.6 is 15.9 Å². The number of halogens is 2. The maximum Gasteiger partial charge on any atom is 0.254 e. The molecule has 2 aliphatic carbocycles. The Kier molecular flexibility index (Phi) is 5.33. The minimum atomic E-state index is -0.373. The lowest BCUT2D eigenvalue weighted by atomic mass is 9.85. The first-order valence-electron chi connectivity index (χ1n) is 10.3. The summed E-state index contributed by atoms with van der Waals surface area (Å²) in [6.45, 7) is -0.0216. The van der Waals surface area contributed by atoms with Gasteiger partial charge in [-0.2, -0.15) is 10.1 Å². The van der Waals surface area contributed by atoms with Crippen molar-refractivity contribution >= 4 is 34.0 Å². The second-order valence-electron chi connectivity index (χ2n) is 8.14. The summed E-state index contributed by atoms with van der Waals surface area (Å²) < 4.78 is 26.1. The number of imide groups is 1. The largest absolute Gasteiger partial charge is 0.493 e. The van der Waals surface area contributed by atoms with Crippen LogP contribution in [0.15, 0.2) is 58.1 Å². The van der Waals surface area contributed by atoms with Crippen molar-refractivity contribution in [1.29, 1.82) is 0 Å². The first-order valence-corrected chi connectivity index (χ1v) is 11.1. The third-order valence-corrected chi connectivity index (χ3v) is 6.82. The lowest BCUT2D eigenvalue weighted by molar-refractivity contribution is -0.140. The topological polar surface area (TPSA) is 68.2 Å². The highest BCUT2D eigenvalue weighted by Gasteiger charge is 2.59. The number of hydrogen-bond donors (Lipinski definition) is 0. The number of amides is 2. The van der Waals surface area contributed by atoms with Crippen LogP contribution in [0.5, 0.6) is 11.5 Å². The van der Waals surface area contributed by atoms with Crippen LogP contribution in [0.3, 0.4) is 0 Å². The average Bonchev–Trinajstić information content (AvgIpc) is 3.46. The van der Waals surface area contributed by atoms with Gasteiger partial charge in [0.25, 0.3) is 11.8 Å². The molecule has 2 aromatic carbocycles. The van der Waals surface area contributed by atoms with Crippen molar-refractivity contribution in [2.24, 2.45) is 28.8 Å². The van der Waals surface area contributed by atoms with Crippen molar-refractivity contribution in [2.75, 3.05) is 7.11 Å². The van der Waals surface area contributed by atoms with Crippen molar-refractivity contribution in [2.45, 2.75) is 13.0 Å². The van der Waals surface area contributed by atoms with Crippen LogP contribution in [0.2, 0.25) is 0 Å². The quantitative estimate of drug-likeness (QED) is 0.338. The van der Waals surface area contributed by atoms with Crippen LogP contribution in [0, 0.1) is 29.5 Å². The zero-order valence-corrected chi connectivity index (χ0v) is 18.8. The molecule has 2 aromatic rings. The Morgan fingerprint density at radius 1 is 1.16 bits per heavy atom. The normalized spacial score (nSPS) is 25.8. The molecule has 0 N–H and O–H groups in total. The maximum atomic E-state index is 14.0. The van der Waals surface area contributed by atoms with Gasteiger partial charge in [-0.1, -0.05) is 46.3 Å². The van der Waals surface area contributed by atoms with Gasteiger partial charge in [0.2, 0.25) is 0 Å². The third-order valence-electron chi connectivity index (χ3n) is 6.36. The van der Waals surface area contributed by atoms with Gasteiger partial charge in [-0.15, -0.1) is 0 Å². The molecule has 8 heteroatoms. The second kappa shape index (κ2) is 8.16. The molecule has 32 heavy (non-hydrogen) atoms. The number of fused-ring (bicyclic) bond motifs is 5. The maximum absolute atomic E-state index is 14.0. The predicted molar refractivity (Wildman–Crippen MR) is 119 cm³/mol. The highest BCUT2D eigenvalue weighted by molar-refractivity contribution is 9.10. The van der Waals surface area contributed by atoms with E-state index < -0.39 is 0 Å². The molecule has 6 nitrogen and oxygen atoms in total. The highest BCUT2D eigenvalue weighted by atomic mass is 79.9. The second-order valence-corrected chi connectivity index (χ2v) is 9.05. The van der Waals surface area contributed by atoms with Crippen molar-refractivity contribution in [3.63, 3.8) is 0 Å². The van der Waals surface area contributed by atoms with E-state index in [0.29, 0.717) is 27.1 Å². The monoisotopic (exact) mass is 498 g/mol. The van der Waals surface area contributed by atoms with E-state index in [0.717, 1.165) is 11.4 Å². The Morgan fingerprint density at radius 2 is 1.84 bits per heavy atom. The summed E-state index contributed by atoms with van der Waals surface area (Å²) in [5.41, 5.74) is 0.882. The molecule has 1 saturated heterocycles. The number of hydrazone groups is 1. The van der Waals surface area contributed by atoms with Gasteiger partial charge in [-0.3, -0.25) is 9.59 Å². The summed E-state index contributed by atoms with van der Waals surface area (Å²) in [6.07, 6.45) is 6.35. The van der Waals surface area contributed by atoms with E-state index in [2.05, 4.69) is 21.0 Å². The molecule has 0 spiro atoms. The van der Waals surface area contributed by atoms with Gasteiger partial charge in [-0.05, 0) is 36.5 Å². The van der Waals surface area contributed by atoms with E-state index in [4.69, 9.17) is 9.47 Å². The van der Waals surface area contributed by atoms with E-state index >= 15 is 0 Å². The van der Waals surface area contributed by atoms with Crippen molar-refractivity contribution in [3.05, 3.63) is 70.0 Å². The number of nitrogens with zero attached hydrogens (tertiary/aromatic N) is 2. The molecule has 4 atom stereocenters. The lowest BCUT2D eigenvalue weighted by Gasteiger charge is -2.15. The van der Waals surface area contributed by atoms with E-state index in [-0.39, 0.29) is 47.9 Å². The molecule has 2 bridgehead atoms. The number of allylic oxidation sites excluding steroid dienone is 2.